The van der Waals surface area contributed by atoms with Gasteiger partial charge in [0.15, 0.2) is 11.6 Å². The molecule has 1 unspecified atom stereocenters. The summed E-state index contributed by atoms with van der Waals surface area (Å²) in [5.41, 5.74) is 1.10. The molecule has 0 bridgehead atoms. The summed E-state index contributed by atoms with van der Waals surface area (Å²) in [5, 5.41) is 12.0. The molecule has 0 fully saturated rings. The van der Waals surface area contributed by atoms with E-state index in [9.17, 15) is 4.39 Å². The van der Waals surface area contributed by atoms with Crippen LogP contribution < -0.4 is 10.1 Å². The van der Waals surface area contributed by atoms with Crippen molar-refractivity contribution in [1.82, 2.24) is 10.3 Å². The number of pyridine rings is 1. The Morgan fingerprint density at radius 1 is 1.43 bits per heavy atom. The number of ether oxygens (including phenoxy) is 1. The molecule has 1 N–H and O–H groups in total. The van der Waals surface area contributed by atoms with Crippen LogP contribution in [0.3, 0.4) is 0 Å². The van der Waals surface area contributed by atoms with Crippen LogP contribution in [0, 0.1) is 17.1 Å². The fraction of sp³-hybridized carbons (Fsp3) is 0.250. The van der Waals surface area contributed by atoms with E-state index in [1.807, 2.05) is 32.0 Å². The molecule has 0 saturated carbocycles. The fourth-order valence-corrected chi connectivity index (χ4v) is 1.99. The zero-order valence-electron chi connectivity index (χ0n) is 11.9. The summed E-state index contributed by atoms with van der Waals surface area (Å²) in [5.74, 6) is -0.172. The van der Waals surface area contributed by atoms with Gasteiger partial charge in [-0.1, -0.05) is 13.0 Å². The summed E-state index contributed by atoms with van der Waals surface area (Å²) in [6.45, 7) is 4.80. The lowest BCUT2D eigenvalue weighted by atomic mass is 10.1. The van der Waals surface area contributed by atoms with Gasteiger partial charge in [0.1, 0.15) is 0 Å². The third-order valence-electron chi connectivity index (χ3n) is 3.05. The second kappa shape index (κ2) is 6.82. The van der Waals surface area contributed by atoms with E-state index in [2.05, 4.69) is 10.3 Å². The van der Waals surface area contributed by atoms with E-state index in [1.165, 1.54) is 12.1 Å². The molecule has 1 aromatic carbocycles. The summed E-state index contributed by atoms with van der Waals surface area (Å²) in [6.07, 6.45) is 1.60. The van der Waals surface area contributed by atoms with E-state index in [0.717, 1.165) is 18.2 Å². The first-order valence-electron chi connectivity index (χ1n) is 6.71. The quantitative estimate of drug-likeness (QED) is 0.912. The van der Waals surface area contributed by atoms with Gasteiger partial charge in [-0.3, -0.25) is 0 Å². The van der Waals surface area contributed by atoms with E-state index in [0.29, 0.717) is 5.88 Å². The molecule has 4 nitrogen and oxygen atoms in total. The molecule has 0 aliphatic heterocycles. The average Bonchev–Trinajstić information content (AvgIpc) is 2.50. The van der Waals surface area contributed by atoms with Gasteiger partial charge in [-0.25, -0.2) is 9.37 Å². The van der Waals surface area contributed by atoms with Crippen LogP contribution in [0.4, 0.5) is 4.39 Å². The maximum Gasteiger partial charge on any atom is 0.224 e. The van der Waals surface area contributed by atoms with E-state index in [4.69, 9.17) is 10.00 Å². The molecular formula is C16H16FN3O. The highest BCUT2D eigenvalue weighted by atomic mass is 19.1. The van der Waals surface area contributed by atoms with Crippen LogP contribution in [0.2, 0.25) is 0 Å². The van der Waals surface area contributed by atoms with Gasteiger partial charge in [0, 0.05) is 17.8 Å². The summed E-state index contributed by atoms with van der Waals surface area (Å²) >= 11 is 0. The Bertz CT molecular complexity index is 667. The minimum atomic E-state index is -0.582. The third kappa shape index (κ3) is 3.56. The summed E-state index contributed by atoms with van der Waals surface area (Å²) in [6, 6.07) is 9.71. The first-order valence-corrected chi connectivity index (χ1v) is 6.71. The van der Waals surface area contributed by atoms with Crippen molar-refractivity contribution in [2.75, 3.05) is 6.54 Å². The van der Waals surface area contributed by atoms with Crippen molar-refractivity contribution in [2.24, 2.45) is 0 Å². The minimum Gasteiger partial charge on any atom is -0.436 e. The molecule has 2 rings (SSSR count). The lowest BCUT2D eigenvalue weighted by molar-refractivity contribution is 0.414. The molecule has 1 atom stereocenters. The number of rotatable bonds is 5. The molecule has 1 aromatic heterocycles. The van der Waals surface area contributed by atoms with Crippen LogP contribution in [0.15, 0.2) is 36.5 Å². The number of nitriles is 1. The molecule has 21 heavy (non-hydrogen) atoms. The maximum absolute atomic E-state index is 13.9. The van der Waals surface area contributed by atoms with E-state index in [-0.39, 0.29) is 17.4 Å². The SMILES string of the molecule is CCNC(C)c1cccnc1Oc1ccc(C#N)cc1F. The molecule has 0 aliphatic rings. The molecule has 0 amide bonds. The summed E-state index contributed by atoms with van der Waals surface area (Å²) in [7, 11) is 0. The van der Waals surface area contributed by atoms with Gasteiger partial charge in [0.05, 0.1) is 11.6 Å². The normalized spacial score (nSPS) is 11.7. The fourth-order valence-electron chi connectivity index (χ4n) is 1.99. The Hall–Kier alpha value is -2.45. The second-order valence-corrected chi connectivity index (χ2v) is 4.54. The van der Waals surface area contributed by atoms with Crippen molar-refractivity contribution in [1.29, 1.82) is 5.26 Å². The Morgan fingerprint density at radius 2 is 2.24 bits per heavy atom. The average molecular weight is 285 g/mol. The zero-order valence-corrected chi connectivity index (χ0v) is 11.9. The first kappa shape index (κ1) is 14.9. The minimum absolute atomic E-state index is 0.0418. The van der Waals surface area contributed by atoms with Crippen LogP contribution >= 0.6 is 0 Å². The van der Waals surface area contributed by atoms with Gasteiger partial charge in [-0.05, 0) is 37.7 Å². The Labute approximate surface area is 123 Å². The first-order chi connectivity index (χ1) is 10.2. The van der Waals surface area contributed by atoms with Gasteiger partial charge < -0.3 is 10.1 Å². The highest BCUT2D eigenvalue weighted by Gasteiger charge is 2.14. The predicted molar refractivity (Wildman–Crippen MR) is 77.5 cm³/mol. The third-order valence-corrected chi connectivity index (χ3v) is 3.05. The summed E-state index contributed by atoms with van der Waals surface area (Å²) in [4.78, 5) is 4.17. The van der Waals surface area contributed by atoms with Crippen LogP contribution in [-0.4, -0.2) is 11.5 Å². The van der Waals surface area contributed by atoms with Gasteiger partial charge in [-0.15, -0.1) is 0 Å². The van der Waals surface area contributed by atoms with Crippen molar-refractivity contribution in [2.45, 2.75) is 19.9 Å². The Balaban J connectivity index is 2.30. The van der Waals surface area contributed by atoms with Gasteiger partial charge in [0.2, 0.25) is 5.88 Å². The lowest BCUT2D eigenvalue weighted by Gasteiger charge is -2.16. The summed E-state index contributed by atoms with van der Waals surface area (Å²) < 4.78 is 19.5. The van der Waals surface area contributed by atoms with Crippen LogP contribution in [0.5, 0.6) is 11.6 Å². The Morgan fingerprint density at radius 3 is 2.90 bits per heavy atom. The number of hydrogen-bond acceptors (Lipinski definition) is 4. The van der Waals surface area contributed by atoms with Crippen molar-refractivity contribution < 1.29 is 9.13 Å². The zero-order chi connectivity index (χ0) is 15.2. The molecule has 0 radical (unpaired) electrons. The lowest BCUT2D eigenvalue weighted by Crippen LogP contribution is -2.18. The molecule has 0 spiro atoms. The maximum atomic E-state index is 13.9. The highest BCUT2D eigenvalue weighted by molar-refractivity contribution is 5.39. The van der Waals surface area contributed by atoms with Crippen molar-refractivity contribution >= 4 is 0 Å². The smallest absolute Gasteiger partial charge is 0.224 e. The number of benzene rings is 1. The number of halogens is 1. The van der Waals surface area contributed by atoms with E-state index in [1.54, 1.807) is 6.20 Å². The van der Waals surface area contributed by atoms with Gasteiger partial charge in [-0.2, -0.15) is 5.26 Å². The number of nitrogens with zero attached hydrogens (tertiary/aromatic N) is 2. The standard InChI is InChI=1S/C16H16FN3O/c1-3-19-11(2)13-5-4-8-20-16(13)21-15-7-6-12(10-18)9-14(15)17/h4-9,11,19H,3H2,1-2H3. The molecule has 0 saturated heterocycles. The largest absolute Gasteiger partial charge is 0.436 e. The Kier molecular flexibility index (Phi) is 4.85. The molecule has 0 aliphatic carbocycles. The van der Waals surface area contributed by atoms with Crippen LogP contribution in [0.1, 0.15) is 31.0 Å². The number of nitrogens with one attached hydrogen (secondary N) is 1. The van der Waals surface area contributed by atoms with Crippen molar-refractivity contribution in [3.8, 4) is 17.7 Å². The highest BCUT2D eigenvalue weighted by Crippen LogP contribution is 2.29. The van der Waals surface area contributed by atoms with Crippen molar-refractivity contribution in [3.05, 3.63) is 53.5 Å². The van der Waals surface area contributed by atoms with Crippen LogP contribution in [0.25, 0.3) is 0 Å². The van der Waals surface area contributed by atoms with E-state index < -0.39 is 5.82 Å². The molecular weight excluding hydrogens is 269 g/mol. The molecule has 1 heterocycles. The van der Waals surface area contributed by atoms with E-state index >= 15 is 0 Å². The van der Waals surface area contributed by atoms with Crippen molar-refractivity contribution in [3.63, 3.8) is 0 Å². The van der Waals surface area contributed by atoms with Gasteiger partial charge >= 0.3 is 0 Å². The number of hydrogen-bond donors (Lipinski definition) is 1. The van der Waals surface area contributed by atoms with Crippen LogP contribution in [-0.2, 0) is 0 Å². The molecule has 2 aromatic rings. The van der Waals surface area contributed by atoms with Gasteiger partial charge in [0.25, 0.3) is 0 Å². The molecule has 108 valence electrons. The monoisotopic (exact) mass is 285 g/mol. The predicted octanol–water partition coefficient (Wildman–Crippen LogP) is 3.56. The second-order valence-electron chi connectivity index (χ2n) is 4.54. The number of aromatic nitrogens is 1. The topological polar surface area (TPSA) is 57.9 Å². The molecule has 5 heteroatoms.